The van der Waals surface area contributed by atoms with Gasteiger partial charge in [0.1, 0.15) is 5.69 Å². The number of nitrogens with two attached hydrogens (primary N) is 2. The summed E-state index contributed by atoms with van der Waals surface area (Å²) in [6.07, 6.45) is 0. The number of primary amides is 2. The summed E-state index contributed by atoms with van der Waals surface area (Å²) in [4.78, 5) is 33.8. The van der Waals surface area contributed by atoms with Crippen molar-refractivity contribution in [3.05, 3.63) is 33.9 Å². The van der Waals surface area contributed by atoms with Gasteiger partial charge in [-0.25, -0.2) is 0 Å². The number of benzene rings is 1. The Bertz CT molecular complexity index is 545. The van der Waals surface area contributed by atoms with E-state index >= 15 is 0 Å². The highest BCUT2D eigenvalue weighted by atomic mass is 16.6. The summed E-state index contributed by atoms with van der Waals surface area (Å²) in [7, 11) is 1.58. The number of nitro benzene ring substituents is 1. The molecule has 9 nitrogen and oxygen atoms in total. The Balaban J connectivity index is 2.97. The lowest BCUT2D eigenvalue weighted by Crippen LogP contribution is -2.39. The molecule has 0 spiro atoms. The lowest BCUT2D eigenvalue weighted by Gasteiger charge is -2.19. The van der Waals surface area contributed by atoms with E-state index in [0.29, 0.717) is 11.3 Å². The second-order valence-electron chi connectivity index (χ2n) is 4.44. The third kappa shape index (κ3) is 5.07. The summed E-state index contributed by atoms with van der Waals surface area (Å²) >= 11 is 0. The van der Waals surface area contributed by atoms with Gasteiger partial charge in [0.05, 0.1) is 18.0 Å². The van der Waals surface area contributed by atoms with Gasteiger partial charge in [-0.1, -0.05) is 6.07 Å². The molecule has 0 aliphatic carbocycles. The zero-order valence-corrected chi connectivity index (χ0v) is 11.5. The smallest absolute Gasteiger partial charge is 0.292 e. The van der Waals surface area contributed by atoms with Crippen molar-refractivity contribution < 1.29 is 14.5 Å². The summed E-state index contributed by atoms with van der Waals surface area (Å²) in [5, 5.41) is 13.7. The van der Waals surface area contributed by atoms with Crippen molar-refractivity contribution in [3.63, 3.8) is 0 Å². The van der Waals surface area contributed by atoms with Crippen molar-refractivity contribution in [1.29, 1.82) is 0 Å². The Labute approximate surface area is 121 Å². The molecule has 21 heavy (non-hydrogen) atoms. The maximum absolute atomic E-state index is 11.0. The molecule has 0 atom stereocenters. The number of carbonyl (C=O) groups excluding carboxylic acids is 2. The molecule has 9 heteroatoms. The minimum Gasteiger partial charge on any atom is -0.383 e. The molecule has 1 rings (SSSR count). The van der Waals surface area contributed by atoms with Crippen LogP contribution < -0.4 is 16.8 Å². The number of hydrogen-bond acceptors (Lipinski definition) is 6. The van der Waals surface area contributed by atoms with E-state index in [2.05, 4.69) is 5.32 Å². The summed E-state index contributed by atoms with van der Waals surface area (Å²) in [6.45, 7) is -0.175. The molecule has 0 unspecified atom stereocenters. The van der Waals surface area contributed by atoms with Gasteiger partial charge in [-0.3, -0.25) is 24.6 Å². The van der Waals surface area contributed by atoms with Crippen molar-refractivity contribution in [2.45, 2.75) is 6.54 Å². The topological polar surface area (TPSA) is 145 Å². The van der Waals surface area contributed by atoms with Gasteiger partial charge in [-0.05, 0) is 11.6 Å². The van der Waals surface area contributed by atoms with Crippen molar-refractivity contribution in [2.75, 3.05) is 25.5 Å². The first kappa shape index (κ1) is 16.4. The average Bonchev–Trinajstić information content (AvgIpc) is 2.36. The van der Waals surface area contributed by atoms with Gasteiger partial charge in [0.25, 0.3) is 5.69 Å². The van der Waals surface area contributed by atoms with Gasteiger partial charge in [-0.2, -0.15) is 0 Å². The first-order valence-corrected chi connectivity index (χ1v) is 6.07. The van der Waals surface area contributed by atoms with Gasteiger partial charge < -0.3 is 16.8 Å². The Hall–Kier alpha value is -2.68. The van der Waals surface area contributed by atoms with Crippen molar-refractivity contribution in [2.24, 2.45) is 11.5 Å². The fraction of sp³-hybridized carbons (Fsp3) is 0.333. The summed E-state index contributed by atoms with van der Waals surface area (Å²) < 4.78 is 0. The van der Waals surface area contributed by atoms with Crippen LogP contribution >= 0.6 is 0 Å². The predicted octanol–water partition coefficient (Wildman–Crippen LogP) is -0.591. The molecule has 0 aliphatic heterocycles. The van der Waals surface area contributed by atoms with Gasteiger partial charge >= 0.3 is 0 Å². The van der Waals surface area contributed by atoms with Gasteiger partial charge in [-0.15, -0.1) is 0 Å². The quantitative estimate of drug-likeness (QED) is 0.431. The zero-order valence-electron chi connectivity index (χ0n) is 11.5. The fourth-order valence-corrected chi connectivity index (χ4v) is 1.90. The number of nitro groups is 1. The number of nitrogens with zero attached hydrogens (tertiary/aromatic N) is 2. The number of rotatable bonds is 8. The fourth-order valence-electron chi connectivity index (χ4n) is 1.90. The molecule has 0 bridgehead atoms. The average molecular weight is 295 g/mol. The Kier molecular flexibility index (Phi) is 5.61. The molecule has 0 aliphatic rings. The summed E-state index contributed by atoms with van der Waals surface area (Å²) in [6, 6.07) is 4.59. The first-order valence-electron chi connectivity index (χ1n) is 6.07. The normalized spacial score (nSPS) is 10.4. The lowest BCUT2D eigenvalue weighted by molar-refractivity contribution is -0.384. The van der Waals surface area contributed by atoms with Crippen molar-refractivity contribution in [3.8, 4) is 0 Å². The Morgan fingerprint density at radius 2 is 1.86 bits per heavy atom. The third-order valence-corrected chi connectivity index (χ3v) is 2.69. The number of nitrogens with one attached hydrogen (secondary N) is 1. The van der Waals surface area contributed by atoms with Crippen LogP contribution in [0.25, 0.3) is 0 Å². The first-order chi connectivity index (χ1) is 9.83. The van der Waals surface area contributed by atoms with Gasteiger partial charge in [0.15, 0.2) is 0 Å². The molecule has 0 radical (unpaired) electrons. The SMILES string of the molecule is CNc1ccc(CN(CC(N)=O)CC(N)=O)cc1[N+](=O)[O-]. The molecule has 0 heterocycles. The minimum absolute atomic E-state index is 0.0897. The molecule has 1 aromatic carbocycles. The van der Waals surface area contributed by atoms with E-state index < -0.39 is 16.7 Å². The van der Waals surface area contributed by atoms with E-state index in [1.807, 2.05) is 0 Å². The molecule has 0 fully saturated rings. The predicted molar refractivity (Wildman–Crippen MR) is 76.3 cm³/mol. The maximum Gasteiger partial charge on any atom is 0.292 e. The van der Waals surface area contributed by atoms with Crippen molar-refractivity contribution in [1.82, 2.24) is 4.90 Å². The van der Waals surface area contributed by atoms with Crippen LogP contribution in [0.15, 0.2) is 18.2 Å². The molecule has 2 amide bonds. The number of anilines is 1. The number of amides is 2. The van der Waals surface area contributed by atoms with Crippen LogP contribution in [-0.4, -0.2) is 41.8 Å². The molecule has 0 saturated heterocycles. The van der Waals surface area contributed by atoms with E-state index in [9.17, 15) is 19.7 Å². The van der Waals surface area contributed by atoms with E-state index in [0.717, 1.165) is 0 Å². The Morgan fingerprint density at radius 1 is 1.29 bits per heavy atom. The van der Waals surface area contributed by atoms with Crippen LogP contribution in [0.4, 0.5) is 11.4 Å². The molecular weight excluding hydrogens is 278 g/mol. The van der Waals surface area contributed by atoms with Crippen LogP contribution in [0.2, 0.25) is 0 Å². The van der Waals surface area contributed by atoms with Crippen molar-refractivity contribution >= 4 is 23.2 Å². The molecule has 1 aromatic rings. The van der Waals surface area contributed by atoms with Gasteiger partial charge in [0, 0.05) is 19.7 Å². The van der Waals surface area contributed by atoms with Crippen LogP contribution in [-0.2, 0) is 16.1 Å². The van der Waals surface area contributed by atoms with E-state index in [4.69, 9.17) is 11.5 Å². The highest BCUT2D eigenvalue weighted by molar-refractivity contribution is 5.79. The maximum atomic E-state index is 11.0. The Morgan fingerprint density at radius 3 is 2.29 bits per heavy atom. The zero-order chi connectivity index (χ0) is 16.0. The van der Waals surface area contributed by atoms with Gasteiger partial charge in [0.2, 0.25) is 11.8 Å². The highest BCUT2D eigenvalue weighted by Crippen LogP contribution is 2.25. The van der Waals surface area contributed by atoms with E-state index in [1.54, 1.807) is 19.2 Å². The lowest BCUT2D eigenvalue weighted by atomic mass is 10.1. The minimum atomic E-state index is -0.613. The number of hydrogen-bond donors (Lipinski definition) is 3. The van der Waals surface area contributed by atoms with Crippen LogP contribution in [0.1, 0.15) is 5.56 Å². The van der Waals surface area contributed by atoms with E-state index in [1.165, 1.54) is 11.0 Å². The third-order valence-electron chi connectivity index (χ3n) is 2.69. The number of carbonyl (C=O) groups is 2. The summed E-state index contributed by atoms with van der Waals surface area (Å²) in [5.41, 5.74) is 11.0. The molecule has 114 valence electrons. The highest BCUT2D eigenvalue weighted by Gasteiger charge is 2.16. The second-order valence-corrected chi connectivity index (χ2v) is 4.44. The largest absolute Gasteiger partial charge is 0.383 e. The second kappa shape index (κ2) is 7.20. The summed E-state index contributed by atoms with van der Waals surface area (Å²) in [5.74, 6) is -1.23. The molecule has 0 aromatic heterocycles. The monoisotopic (exact) mass is 295 g/mol. The van der Waals surface area contributed by atoms with E-state index in [-0.39, 0.29) is 25.3 Å². The molecule has 5 N–H and O–H groups in total. The van der Waals surface area contributed by atoms with Crippen LogP contribution in [0.3, 0.4) is 0 Å². The standard InChI is InChI=1S/C12H17N5O4/c1-15-9-3-2-8(4-10(9)17(20)21)5-16(6-11(13)18)7-12(14)19/h2-4,15H,5-7H2,1H3,(H2,13,18)(H2,14,19). The molecule has 0 saturated carbocycles. The molecular formula is C12H17N5O4. The van der Waals surface area contributed by atoms with Crippen LogP contribution in [0.5, 0.6) is 0 Å². The van der Waals surface area contributed by atoms with Crippen LogP contribution in [0, 0.1) is 10.1 Å².